The first-order chi connectivity index (χ1) is 8.90. The van der Waals surface area contributed by atoms with Crippen LogP contribution < -0.4 is 5.73 Å². The summed E-state index contributed by atoms with van der Waals surface area (Å²) in [5, 5.41) is 4.19. The topological polar surface area (TPSA) is 52.0 Å². The fourth-order valence-corrected chi connectivity index (χ4v) is 2.68. The summed E-state index contributed by atoms with van der Waals surface area (Å²) in [5.41, 5.74) is 12.7. The molecule has 0 saturated carbocycles. The van der Waals surface area contributed by atoms with Crippen molar-refractivity contribution in [3.63, 3.8) is 0 Å². The number of nitrogen functional groups attached to an aromatic ring is 1. The molecule has 0 aliphatic heterocycles. The Kier molecular flexibility index (Phi) is 3.65. The summed E-state index contributed by atoms with van der Waals surface area (Å²) in [6.45, 7) is 10.7. The summed E-state index contributed by atoms with van der Waals surface area (Å²) in [4.78, 5) is 0. The van der Waals surface area contributed by atoms with Crippen LogP contribution >= 0.6 is 0 Å². The number of aryl methyl sites for hydroxylation is 3. The Balaban J connectivity index is 2.60. The zero-order valence-corrected chi connectivity index (χ0v) is 12.4. The van der Waals surface area contributed by atoms with E-state index < -0.39 is 0 Å². The van der Waals surface area contributed by atoms with Gasteiger partial charge in [-0.1, -0.05) is 36.7 Å². The molecule has 0 bridgehead atoms. The Morgan fingerprint density at radius 3 is 2.26 bits per heavy atom. The van der Waals surface area contributed by atoms with Crippen LogP contribution in [0.3, 0.4) is 0 Å². The van der Waals surface area contributed by atoms with Gasteiger partial charge >= 0.3 is 0 Å². The van der Waals surface area contributed by atoms with Gasteiger partial charge in [0, 0.05) is 11.1 Å². The number of hydrogen-bond donors (Lipinski definition) is 1. The second kappa shape index (κ2) is 5.08. The standard InChI is InChI=1S/C16H22N2O/c1-9(2)6-13-15(18-19-16(13)17)14-11(4)7-10(3)8-12(14)5/h7-9H,6,17H2,1-5H3. The van der Waals surface area contributed by atoms with E-state index in [9.17, 15) is 0 Å². The molecule has 0 fully saturated rings. The van der Waals surface area contributed by atoms with Crippen LogP contribution in [0.5, 0.6) is 0 Å². The molecule has 2 rings (SSSR count). The van der Waals surface area contributed by atoms with Crippen molar-refractivity contribution in [3.8, 4) is 11.3 Å². The fourth-order valence-electron chi connectivity index (χ4n) is 2.68. The summed E-state index contributed by atoms with van der Waals surface area (Å²) in [5.74, 6) is 0.967. The van der Waals surface area contributed by atoms with E-state index in [2.05, 4.69) is 51.9 Å². The van der Waals surface area contributed by atoms with Gasteiger partial charge in [0.2, 0.25) is 5.88 Å². The van der Waals surface area contributed by atoms with Crippen molar-refractivity contribution < 1.29 is 4.52 Å². The van der Waals surface area contributed by atoms with Gasteiger partial charge in [-0.3, -0.25) is 0 Å². The van der Waals surface area contributed by atoms with Crippen LogP contribution in [0.1, 0.15) is 36.1 Å². The van der Waals surface area contributed by atoms with Crippen LogP contribution in [-0.2, 0) is 6.42 Å². The lowest BCUT2D eigenvalue weighted by atomic mass is 9.92. The molecule has 0 amide bonds. The first-order valence-corrected chi connectivity index (χ1v) is 6.72. The van der Waals surface area contributed by atoms with Crippen molar-refractivity contribution in [2.45, 2.75) is 41.0 Å². The van der Waals surface area contributed by atoms with Gasteiger partial charge in [0.25, 0.3) is 0 Å². The van der Waals surface area contributed by atoms with Crippen molar-refractivity contribution in [1.82, 2.24) is 5.16 Å². The quantitative estimate of drug-likeness (QED) is 0.903. The van der Waals surface area contributed by atoms with Crippen molar-refractivity contribution >= 4 is 5.88 Å². The predicted octanol–water partition coefficient (Wildman–Crippen LogP) is 4.05. The first kappa shape index (κ1) is 13.7. The van der Waals surface area contributed by atoms with Crippen molar-refractivity contribution in [2.24, 2.45) is 5.92 Å². The Bertz CT molecular complexity index is 574. The van der Waals surface area contributed by atoms with Crippen LogP contribution in [0.25, 0.3) is 11.3 Å². The van der Waals surface area contributed by atoms with Gasteiger partial charge < -0.3 is 10.3 Å². The number of anilines is 1. The molecule has 19 heavy (non-hydrogen) atoms. The van der Waals surface area contributed by atoms with Gasteiger partial charge in [0.1, 0.15) is 5.69 Å². The Morgan fingerprint density at radius 2 is 1.74 bits per heavy atom. The molecule has 2 N–H and O–H groups in total. The highest BCUT2D eigenvalue weighted by Crippen LogP contribution is 2.34. The third-order valence-electron chi connectivity index (χ3n) is 3.34. The molecule has 2 aromatic rings. The van der Waals surface area contributed by atoms with Crippen LogP contribution in [-0.4, -0.2) is 5.16 Å². The summed E-state index contributed by atoms with van der Waals surface area (Å²) >= 11 is 0. The number of aromatic nitrogens is 1. The molecule has 1 aromatic heterocycles. The lowest BCUT2D eigenvalue weighted by Gasteiger charge is -2.11. The second-order valence-electron chi connectivity index (χ2n) is 5.75. The molecular weight excluding hydrogens is 236 g/mol. The maximum absolute atomic E-state index is 5.93. The third-order valence-corrected chi connectivity index (χ3v) is 3.34. The molecule has 0 saturated heterocycles. The highest BCUT2D eigenvalue weighted by atomic mass is 16.5. The van der Waals surface area contributed by atoms with Crippen molar-refractivity contribution in [3.05, 3.63) is 34.4 Å². The average Bonchev–Trinajstić information content (AvgIpc) is 2.59. The zero-order valence-electron chi connectivity index (χ0n) is 12.4. The highest BCUT2D eigenvalue weighted by Gasteiger charge is 2.19. The number of rotatable bonds is 3. The van der Waals surface area contributed by atoms with Gasteiger partial charge in [0.15, 0.2) is 0 Å². The van der Waals surface area contributed by atoms with Crippen LogP contribution in [0, 0.1) is 26.7 Å². The predicted molar refractivity (Wildman–Crippen MR) is 79.1 cm³/mol. The van der Waals surface area contributed by atoms with E-state index in [0.717, 1.165) is 23.2 Å². The molecule has 0 aliphatic carbocycles. The minimum atomic E-state index is 0.447. The van der Waals surface area contributed by atoms with Gasteiger partial charge in [-0.25, -0.2) is 0 Å². The molecule has 1 heterocycles. The number of nitrogens with zero attached hydrogens (tertiary/aromatic N) is 1. The largest absolute Gasteiger partial charge is 0.367 e. The summed E-state index contributed by atoms with van der Waals surface area (Å²) in [7, 11) is 0. The second-order valence-corrected chi connectivity index (χ2v) is 5.75. The highest BCUT2D eigenvalue weighted by molar-refractivity contribution is 5.73. The molecule has 0 radical (unpaired) electrons. The van der Waals surface area contributed by atoms with Crippen LogP contribution in [0.4, 0.5) is 5.88 Å². The molecule has 3 nitrogen and oxygen atoms in total. The smallest absolute Gasteiger partial charge is 0.225 e. The van der Waals surface area contributed by atoms with Crippen LogP contribution in [0.15, 0.2) is 16.7 Å². The van der Waals surface area contributed by atoms with Crippen molar-refractivity contribution in [2.75, 3.05) is 5.73 Å². The van der Waals surface area contributed by atoms with Gasteiger partial charge in [-0.05, 0) is 44.2 Å². The number of nitrogens with two attached hydrogens (primary N) is 1. The number of benzene rings is 1. The molecular formula is C16H22N2O. The lowest BCUT2D eigenvalue weighted by molar-refractivity contribution is 0.438. The minimum absolute atomic E-state index is 0.447. The fraction of sp³-hybridized carbons (Fsp3) is 0.438. The van der Waals surface area contributed by atoms with E-state index >= 15 is 0 Å². The lowest BCUT2D eigenvalue weighted by Crippen LogP contribution is -2.00. The maximum Gasteiger partial charge on any atom is 0.225 e. The van der Waals surface area contributed by atoms with E-state index in [0.29, 0.717) is 11.8 Å². The Labute approximate surface area is 114 Å². The van der Waals surface area contributed by atoms with E-state index in [1.807, 2.05) is 0 Å². The molecule has 102 valence electrons. The van der Waals surface area contributed by atoms with Crippen LogP contribution in [0.2, 0.25) is 0 Å². The van der Waals surface area contributed by atoms with Gasteiger partial charge in [-0.2, -0.15) is 0 Å². The SMILES string of the molecule is Cc1cc(C)c(-c2noc(N)c2CC(C)C)c(C)c1. The zero-order chi connectivity index (χ0) is 14.2. The average molecular weight is 258 g/mol. The minimum Gasteiger partial charge on any atom is -0.367 e. The van der Waals surface area contributed by atoms with E-state index in [1.165, 1.54) is 16.7 Å². The Hall–Kier alpha value is -1.77. The van der Waals surface area contributed by atoms with E-state index in [-0.39, 0.29) is 0 Å². The normalized spacial score (nSPS) is 11.3. The van der Waals surface area contributed by atoms with E-state index in [1.54, 1.807) is 0 Å². The molecule has 0 aliphatic rings. The van der Waals surface area contributed by atoms with Gasteiger partial charge in [-0.15, -0.1) is 0 Å². The summed E-state index contributed by atoms with van der Waals surface area (Å²) in [6, 6.07) is 4.35. The molecule has 0 atom stereocenters. The third kappa shape index (κ3) is 2.65. The summed E-state index contributed by atoms with van der Waals surface area (Å²) < 4.78 is 5.22. The van der Waals surface area contributed by atoms with E-state index in [4.69, 9.17) is 10.3 Å². The first-order valence-electron chi connectivity index (χ1n) is 6.72. The number of hydrogen-bond acceptors (Lipinski definition) is 3. The maximum atomic E-state index is 5.93. The molecule has 0 spiro atoms. The summed E-state index contributed by atoms with van der Waals surface area (Å²) in [6.07, 6.45) is 0.886. The van der Waals surface area contributed by atoms with Crippen molar-refractivity contribution in [1.29, 1.82) is 0 Å². The molecule has 3 heteroatoms. The monoisotopic (exact) mass is 258 g/mol. The molecule has 1 aromatic carbocycles. The molecule has 0 unspecified atom stereocenters. The Morgan fingerprint density at radius 1 is 1.16 bits per heavy atom. The van der Waals surface area contributed by atoms with Gasteiger partial charge in [0.05, 0.1) is 0 Å².